The third kappa shape index (κ3) is 6.17. The summed E-state index contributed by atoms with van der Waals surface area (Å²) >= 11 is 0. The van der Waals surface area contributed by atoms with Crippen molar-refractivity contribution in [2.45, 2.75) is 68.5 Å². The summed E-state index contributed by atoms with van der Waals surface area (Å²) in [5.41, 5.74) is -4.02. The van der Waals surface area contributed by atoms with Gasteiger partial charge in [0.2, 0.25) is 12.1 Å². The Labute approximate surface area is 298 Å². The Morgan fingerprint density at radius 3 is 1.76 bits per heavy atom. The van der Waals surface area contributed by atoms with Gasteiger partial charge in [0.25, 0.3) is 0 Å². The number of imide groups is 1. The van der Waals surface area contributed by atoms with Crippen LogP contribution in [0.3, 0.4) is 0 Å². The Bertz CT molecular complexity index is 1590. The van der Waals surface area contributed by atoms with Crippen molar-refractivity contribution in [3.63, 3.8) is 0 Å². The first-order chi connectivity index (χ1) is 22.8. The van der Waals surface area contributed by atoms with Crippen molar-refractivity contribution >= 4 is 11.9 Å². The molecule has 266 valence electrons. The molecule has 2 aliphatic heterocycles. The van der Waals surface area contributed by atoms with Gasteiger partial charge in [-0.3, -0.25) is 4.79 Å². The first-order valence-electron chi connectivity index (χ1n) is 16.0. The van der Waals surface area contributed by atoms with Crippen LogP contribution in [0.15, 0.2) is 91.0 Å². The van der Waals surface area contributed by atoms with Crippen molar-refractivity contribution in [3.05, 3.63) is 108 Å². The van der Waals surface area contributed by atoms with Crippen LogP contribution in [0.25, 0.3) is 0 Å². The van der Waals surface area contributed by atoms with Crippen molar-refractivity contribution < 1.29 is 60.0 Å². The summed E-state index contributed by atoms with van der Waals surface area (Å²) < 4.78 is 30.6. The second kappa shape index (κ2) is 14.7. The Morgan fingerprint density at radius 1 is 0.837 bits per heavy atom. The molecule has 2 saturated heterocycles. The molecule has 2 fully saturated rings. The van der Waals surface area contributed by atoms with Crippen molar-refractivity contribution in [3.8, 4) is 0 Å². The topological polar surface area (TPSA) is 139 Å². The number of amides is 3. The van der Waals surface area contributed by atoms with Crippen LogP contribution < -0.4 is 28.1 Å². The fourth-order valence-electron chi connectivity index (χ4n) is 7.99. The summed E-state index contributed by atoms with van der Waals surface area (Å²) in [5.74, 6) is 6.59. The zero-order valence-corrected chi connectivity index (χ0v) is 30.7. The van der Waals surface area contributed by atoms with Gasteiger partial charge in [0.1, 0.15) is 47.1 Å². The molecule has 3 aromatic rings. The number of ether oxygens (including phenoxy) is 5. The lowest BCUT2D eigenvalue weighted by Crippen LogP contribution is -3.00. The smallest absolute Gasteiger partial charge is 0.444 e. The van der Waals surface area contributed by atoms with Crippen LogP contribution >= 0.6 is 0 Å². The maximum Gasteiger partial charge on any atom is 0.444 e. The van der Waals surface area contributed by atoms with Gasteiger partial charge < -0.3 is 45.8 Å². The van der Waals surface area contributed by atoms with E-state index in [2.05, 4.69) is 5.32 Å². The Kier molecular flexibility index (Phi) is 11.6. The van der Waals surface area contributed by atoms with E-state index in [0.717, 1.165) is 11.1 Å². The van der Waals surface area contributed by atoms with Gasteiger partial charge in [-0.1, -0.05) is 91.0 Å². The molecule has 49 heavy (non-hydrogen) atoms. The average Bonchev–Trinajstić information content (AvgIpc) is 3.38. The summed E-state index contributed by atoms with van der Waals surface area (Å²) in [7, 11) is 6.12. The lowest BCUT2D eigenvalue weighted by atomic mass is 9.65. The highest BCUT2D eigenvalue weighted by atomic mass is 79.9. The largest absolute Gasteiger partial charge is 1.00 e. The van der Waals surface area contributed by atoms with Gasteiger partial charge in [-0.05, 0) is 37.5 Å². The number of methoxy groups -OCH3 is 4. The van der Waals surface area contributed by atoms with E-state index in [1.54, 1.807) is 27.9 Å². The lowest BCUT2D eigenvalue weighted by molar-refractivity contribution is -0.918. The number of benzene rings is 3. The predicted molar refractivity (Wildman–Crippen MR) is 178 cm³/mol. The van der Waals surface area contributed by atoms with Crippen LogP contribution in [0.5, 0.6) is 0 Å². The molecule has 3 aromatic carbocycles. The molecule has 5 rings (SSSR count). The Morgan fingerprint density at radius 2 is 1.31 bits per heavy atom. The zero-order chi connectivity index (χ0) is 35.0. The molecule has 3 amide bonds. The minimum absolute atomic E-state index is 0. The maximum absolute atomic E-state index is 13.9. The number of rotatable bonds is 12. The monoisotopic (exact) mass is 741 g/mol. The number of urea groups is 1. The van der Waals surface area contributed by atoms with Crippen LogP contribution in [-0.2, 0) is 28.5 Å². The Balaban J connectivity index is 0.00000541. The molecular formula is C37H48BrN3O8. The van der Waals surface area contributed by atoms with E-state index in [-0.39, 0.29) is 29.9 Å². The standard InChI is InChI=1S/C37H47N3O8.BrH/c1-34(29(44-4)25-17-11-8-12-18-25)24-40(38,33(42)39-32(34)41)28-23-37(43,31(46-6)27-21-15-10-16-22-27)36(3,48-28)35(2,47-7)30(45-5)26-19-13-9-14-20-26;/h8-22,28-31,43H,23-24,38H2,1-7H3;1H/t28-,29?,30?,31?,34?,35?,36-,37-,40?;/m1./s1. The lowest BCUT2D eigenvalue weighted by Gasteiger charge is -2.53. The highest BCUT2D eigenvalue weighted by molar-refractivity contribution is 5.97. The summed E-state index contributed by atoms with van der Waals surface area (Å²) in [6.45, 7) is 5.07. The summed E-state index contributed by atoms with van der Waals surface area (Å²) in [4.78, 5) is 27.6. The molecule has 9 atom stereocenters. The number of nitrogens with one attached hydrogen (secondary N) is 1. The molecule has 12 heteroatoms. The predicted octanol–water partition coefficient (Wildman–Crippen LogP) is 1.74. The van der Waals surface area contributed by atoms with Crippen LogP contribution in [0.1, 0.15) is 62.2 Å². The summed E-state index contributed by atoms with van der Waals surface area (Å²) in [5, 5.41) is 15.7. The number of nitrogens with zero attached hydrogens (tertiary/aromatic N) is 1. The average molecular weight is 743 g/mol. The molecule has 4 N–H and O–H groups in total. The van der Waals surface area contributed by atoms with E-state index in [1.807, 2.05) is 91.0 Å². The van der Waals surface area contributed by atoms with Gasteiger partial charge in [0.05, 0.1) is 6.42 Å². The molecule has 11 nitrogen and oxygen atoms in total. The van der Waals surface area contributed by atoms with E-state index >= 15 is 0 Å². The number of carbonyl (C=O) groups excluding carboxylic acids is 2. The quantitative estimate of drug-likeness (QED) is 0.144. The SMILES string of the molecule is COC(c1ccccc1)C1(C)C[N+](N)([C@H]2C[C@@](O)(C(OC)c3ccccc3)[C@@](C)(C(C)(OC)C(OC)c3ccccc3)O2)C(=O)NC1=O.[Br-]. The van der Waals surface area contributed by atoms with Gasteiger partial charge in [-0.2, -0.15) is 5.84 Å². The molecular weight excluding hydrogens is 694 g/mol. The first kappa shape index (κ1) is 38.8. The fraction of sp³-hybridized carbons (Fsp3) is 0.459. The molecule has 2 heterocycles. The van der Waals surface area contributed by atoms with Crippen LogP contribution in [0, 0.1) is 5.41 Å². The van der Waals surface area contributed by atoms with Gasteiger partial charge in [-0.15, -0.1) is 4.59 Å². The number of quaternary nitrogens is 1. The summed E-state index contributed by atoms with van der Waals surface area (Å²) in [6, 6.07) is 27.3. The molecule has 0 aromatic heterocycles. The van der Waals surface area contributed by atoms with E-state index in [1.165, 1.54) is 21.3 Å². The number of aliphatic hydroxyl groups is 1. The normalized spacial score (nSPS) is 31.6. The third-order valence-corrected chi connectivity index (χ3v) is 10.8. The van der Waals surface area contributed by atoms with Gasteiger partial charge in [-0.25, -0.2) is 10.1 Å². The molecule has 6 unspecified atom stereocenters. The molecule has 0 aliphatic carbocycles. The molecule has 0 saturated carbocycles. The maximum atomic E-state index is 13.9. The second-order valence-corrected chi connectivity index (χ2v) is 13.4. The number of halogens is 1. The van der Waals surface area contributed by atoms with Crippen molar-refractivity contribution in [2.24, 2.45) is 11.3 Å². The molecule has 0 spiro atoms. The van der Waals surface area contributed by atoms with E-state index in [9.17, 15) is 14.7 Å². The van der Waals surface area contributed by atoms with E-state index < -0.39 is 63.3 Å². The Hall–Kier alpha value is -3.04. The third-order valence-electron chi connectivity index (χ3n) is 10.8. The van der Waals surface area contributed by atoms with Crippen molar-refractivity contribution in [1.82, 2.24) is 5.32 Å². The van der Waals surface area contributed by atoms with Gasteiger partial charge in [0.15, 0.2) is 0 Å². The van der Waals surface area contributed by atoms with Crippen LogP contribution in [-0.4, -0.2) is 79.7 Å². The number of hydrogen-bond donors (Lipinski definition) is 3. The second-order valence-electron chi connectivity index (χ2n) is 13.4. The number of hydrogen-bond acceptors (Lipinski definition) is 9. The minimum atomic E-state index is -1.87. The highest BCUT2D eigenvalue weighted by Gasteiger charge is 2.75. The number of carbonyl (C=O) groups is 2. The van der Waals surface area contributed by atoms with Gasteiger partial charge in [0, 0.05) is 28.4 Å². The van der Waals surface area contributed by atoms with Crippen molar-refractivity contribution in [1.29, 1.82) is 0 Å². The van der Waals surface area contributed by atoms with Crippen molar-refractivity contribution in [2.75, 3.05) is 35.0 Å². The highest BCUT2D eigenvalue weighted by Crippen LogP contribution is 2.59. The fourth-order valence-corrected chi connectivity index (χ4v) is 7.99. The number of nitrogens with two attached hydrogens (primary N) is 1. The minimum Gasteiger partial charge on any atom is -1.00 e. The summed E-state index contributed by atoms with van der Waals surface area (Å²) in [6.07, 6.45) is -3.81. The van der Waals surface area contributed by atoms with Gasteiger partial charge >= 0.3 is 6.03 Å². The molecule has 0 radical (unpaired) electrons. The van der Waals surface area contributed by atoms with E-state index in [4.69, 9.17) is 29.5 Å². The zero-order valence-electron chi connectivity index (χ0n) is 29.1. The molecule has 0 bridgehead atoms. The first-order valence-corrected chi connectivity index (χ1v) is 16.0. The molecule has 2 aliphatic rings. The van der Waals surface area contributed by atoms with Crippen LogP contribution in [0.2, 0.25) is 0 Å². The van der Waals surface area contributed by atoms with Crippen LogP contribution in [0.4, 0.5) is 4.79 Å². The van der Waals surface area contributed by atoms with E-state index in [0.29, 0.717) is 5.56 Å².